The summed E-state index contributed by atoms with van der Waals surface area (Å²) >= 11 is 0. The van der Waals surface area contributed by atoms with E-state index in [2.05, 4.69) is 48.5 Å². The Morgan fingerprint density at radius 1 is 0.889 bits per heavy atom. The molecule has 0 amide bonds. The number of rotatable bonds is 5. The van der Waals surface area contributed by atoms with E-state index in [1.54, 1.807) is 26.0 Å². The third-order valence-corrected chi connectivity index (χ3v) is 11.7. The third-order valence-electron chi connectivity index (χ3n) is 11.7. The van der Waals surface area contributed by atoms with E-state index in [1.807, 2.05) is 19.9 Å². The molecule has 0 unspecified atom stereocenters. The molecule has 284 valence electrons. The molecule has 4 aromatic rings. The van der Waals surface area contributed by atoms with Crippen molar-refractivity contribution < 1.29 is 38.1 Å². The number of aliphatic hydroxyl groups excluding tert-OH is 1. The number of carbonyl (C=O) groups excluding carboxylic acids is 2. The van der Waals surface area contributed by atoms with Crippen molar-refractivity contribution in [3.05, 3.63) is 122 Å². The Kier molecular flexibility index (Phi) is 10.8. The van der Waals surface area contributed by atoms with Gasteiger partial charge in [0.05, 0.1) is 18.8 Å². The van der Waals surface area contributed by atoms with Crippen LogP contribution in [0, 0.1) is 5.92 Å². The second-order valence-electron chi connectivity index (χ2n) is 15.8. The van der Waals surface area contributed by atoms with Crippen LogP contribution < -0.4 is 10.4 Å². The molecule has 1 saturated carbocycles. The van der Waals surface area contributed by atoms with Crippen LogP contribution in [0.5, 0.6) is 5.75 Å². The Balaban J connectivity index is 1.36. The number of benzene rings is 3. The van der Waals surface area contributed by atoms with Crippen LogP contribution >= 0.6 is 0 Å². The molecule has 1 N–H and O–H groups in total. The summed E-state index contributed by atoms with van der Waals surface area (Å²) in [4.78, 5) is 42.2. The molecule has 3 aliphatic heterocycles. The van der Waals surface area contributed by atoms with Crippen molar-refractivity contribution in [2.45, 2.75) is 109 Å². The maximum Gasteiger partial charge on any atom is 0.339 e. The molecule has 0 spiro atoms. The Morgan fingerprint density at radius 2 is 1.65 bits per heavy atom. The van der Waals surface area contributed by atoms with Gasteiger partial charge in [0.25, 0.3) is 0 Å². The fourth-order valence-electron chi connectivity index (χ4n) is 8.85. The maximum absolute atomic E-state index is 14.5. The van der Waals surface area contributed by atoms with E-state index in [1.165, 1.54) is 18.2 Å². The Labute approximate surface area is 316 Å². The molecule has 1 aromatic heterocycles. The molecule has 8 rings (SSSR count). The van der Waals surface area contributed by atoms with Gasteiger partial charge in [-0.05, 0) is 112 Å². The van der Waals surface area contributed by atoms with Crippen LogP contribution in [0.25, 0.3) is 11.0 Å². The lowest BCUT2D eigenvalue weighted by atomic mass is 9.68. The Hall–Kier alpha value is -4.73. The molecule has 4 aliphatic rings. The van der Waals surface area contributed by atoms with Gasteiger partial charge in [0.1, 0.15) is 16.9 Å². The van der Waals surface area contributed by atoms with Gasteiger partial charge in [-0.2, -0.15) is 0 Å². The smallest absolute Gasteiger partial charge is 0.339 e. The molecule has 1 fully saturated rings. The maximum atomic E-state index is 14.5. The van der Waals surface area contributed by atoms with Crippen molar-refractivity contribution in [3.63, 3.8) is 0 Å². The lowest BCUT2D eigenvalue weighted by Gasteiger charge is -2.43. The SMILES string of the molecule is COCCc1c(CO)c2ccc3c(c2oc1=O)[C@H]1OC(=O)C[C@@H]2C[C@H](c4ccccc4)CC[C@H]2c2ccc(cc2)CCC(=C(C)C)C(=O)O[C@@H]1C(C)(C)O3. The standard InChI is InChI=1S/C45H50O9/c1-26(2)32-17-13-27-11-14-29(15-12-27)33-18-16-30(28-9-7-6-8-10-28)23-31(33)24-38(47)51-41-39-37(54-45(3,4)42(41)53-43(32)48)20-19-34-36(25-46)35(21-22-50-5)44(49)52-40(34)39/h6-12,14-15,19-20,30-31,33,41-42,46H,13,16-18,21-25H2,1-5H3/t30-,31+,33+,41-,42+/m1/s1. The van der Waals surface area contributed by atoms with E-state index in [0.29, 0.717) is 52.2 Å². The predicted octanol–water partition coefficient (Wildman–Crippen LogP) is 8.18. The minimum atomic E-state index is -1.18. The van der Waals surface area contributed by atoms with Crippen LogP contribution in [0.1, 0.15) is 111 Å². The highest BCUT2D eigenvalue weighted by atomic mass is 16.6. The zero-order chi connectivity index (χ0) is 38.1. The third kappa shape index (κ3) is 7.36. The number of fused-ring (bicyclic) bond motifs is 11. The van der Waals surface area contributed by atoms with Crippen LogP contribution in [-0.4, -0.2) is 42.5 Å². The highest BCUT2D eigenvalue weighted by Gasteiger charge is 2.51. The molecular formula is C45H50O9. The van der Waals surface area contributed by atoms with E-state index in [-0.39, 0.29) is 36.9 Å². The highest BCUT2D eigenvalue weighted by molar-refractivity contribution is 5.90. The van der Waals surface area contributed by atoms with Crippen molar-refractivity contribution in [3.8, 4) is 5.75 Å². The first-order chi connectivity index (χ1) is 26.0. The van der Waals surface area contributed by atoms with Crippen molar-refractivity contribution in [1.29, 1.82) is 0 Å². The normalized spacial score (nSPS) is 24.1. The highest BCUT2D eigenvalue weighted by Crippen LogP contribution is 2.49. The van der Waals surface area contributed by atoms with E-state index in [4.69, 9.17) is 23.4 Å². The lowest BCUT2D eigenvalue weighted by Crippen LogP contribution is -2.52. The number of carbonyl (C=O) groups is 2. The van der Waals surface area contributed by atoms with E-state index < -0.39 is 42.0 Å². The molecule has 9 heteroatoms. The molecule has 0 radical (unpaired) electrons. The first-order valence-electron chi connectivity index (χ1n) is 19.1. The van der Waals surface area contributed by atoms with Gasteiger partial charge in [-0.25, -0.2) is 9.59 Å². The number of esters is 2. The molecule has 54 heavy (non-hydrogen) atoms. The topological polar surface area (TPSA) is 122 Å². The molecule has 3 aromatic carbocycles. The monoisotopic (exact) mass is 734 g/mol. The summed E-state index contributed by atoms with van der Waals surface area (Å²) in [5.74, 6) is -0.204. The van der Waals surface area contributed by atoms with Gasteiger partial charge in [-0.1, -0.05) is 60.2 Å². The summed E-state index contributed by atoms with van der Waals surface area (Å²) in [6.45, 7) is 7.20. The fourth-order valence-corrected chi connectivity index (χ4v) is 8.85. The van der Waals surface area contributed by atoms with Gasteiger partial charge in [0.15, 0.2) is 12.2 Å². The quantitative estimate of drug-likeness (QED) is 0.123. The summed E-state index contributed by atoms with van der Waals surface area (Å²) in [5.41, 5.74) is 4.26. The molecule has 5 atom stereocenters. The van der Waals surface area contributed by atoms with Crippen LogP contribution in [0.4, 0.5) is 0 Å². The second-order valence-corrected chi connectivity index (χ2v) is 15.8. The minimum Gasteiger partial charge on any atom is -0.483 e. The van der Waals surface area contributed by atoms with Crippen molar-refractivity contribution in [1.82, 2.24) is 0 Å². The van der Waals surface area contributed by atoms with Gasteiger partial charge in [-0.15, -0.1) is 0 Å². The van der Waals surface area contributed by atoms with Crippen LogP contribution in [0.2, 0.25) is 0 Å². The van der Waals surface area contributed by atoms with Gasteiger partial charge >= 0.3 is 17.6 Å². The first kappa shape index (κ1) is 37.6. The largest absolute Gasteiger partial charge is 0.483 e. The molecule has 4 heterocycles. The van der Waals surface area contributed by atoms with E-state index in [9.17, 15) is 19.5 Å². The van der Waals surface area contributed by atoms with Gasteiger partial charge in [0.2, 0.25) is 0 Å². The predicted molar refractivity (Wildman–Crippen MR) is 204 cm³/mol. The number of aryl methyl sites for hydroxylation is 1. The van der Waals surface area contributed by atoms with Crippen molar-refractivity contribution in [2.24, 2.45) is 5.92 Å². The van der Waals surface area contributed by atoms with Crippen molar-refractivity contribution in [2.75, 3.05) is 13.7 Å². The number of aliphatic hydroxyl groups is 1. The Bertz CT molecular complexity index is 2110. The number of methoxy groups -OCH3 is 1. The van der Waals surface area contributed by atoms with E-state index in [0.717, 1.165) is 30.4 Å². The first-order valence-corrected chi connectivity index (χ1v) is 19.1. The summed E-state index contributed by atoms with van der Waals surface area (Å²) in [6, 6.07) is 22.6. The average Bonchev–Trinajstić information content (AvgIpc) is 3.15. The molecular weight excluding hydrogens is 684 g/mol. The van der Waals surface area contributed by atoms with Crippen molar-refractivity contribution >= 4 is 22.9 Å². The average molecular weight is 735 g/mol. The number of hydrogen-bond donors (Lipinski definition) is 1. The second kappa shape index (κ2) is 15.6. The summed E-state index contributed by atoms with van der Waals surface area (Å²) < 4.78 is 30.7. The minimum absolute atomic E-state index is 0.0180. The van der Waals surface area contributed by atoms with Gasteiger partial charge in [-0.3, -0.25) is 4.79 Å². The number of allylic oxidation sites excluding steroid dienone is 1. The summed E-state index contributed by atoms with van der Waals surface area (Å²) in [6.07, 6.45) is 1.95. The van der Waals surface area contributed by atoms with Gasteiger partial charge < -0.3 is 28.5 Å². The molecule has 1 aliphatic carbocycles. The zero-order valence-corrected chi connectivity index (χ0v) is 31.8. The number of ether oxygens (including phenoxy) is 4. The molecule has 2 bridgehead atoms. The lowest BCUT2D eigenvalue weighted by molar-refractivity contribution is -0.188. The van der Waals surface area contributed by atoms with Crippen LogP contribution in [-0.2, 0) is 43.2 Å². The number of hydrogen-bond acceptors (Lipinski definition) is 9. The summed E-state index contributed by atoms with van der Waals surface area (Å²) in [7, 11) is 1.54. The molecule has 0 saturated heterocycles. The molecule has 9 nitrogen and oxygen atoms in total. The summed E-state index contributed by atoms with van der Waals surface area (Å²) in [5, 5.41) is 11.0. The Morgan fingerprint density at radius 3 is 2.35 bits per heavy atom. The van der Waals surface area contributed by atoms with Crippen LogP contribution in [0.15, 0.2) is 87.1 Å². The fraction of sp³-hybridized carbons (Fsp3) is 0.444. The zero-order valence-electron chi connectivity index (χ0n) is 31.8. The van der Waals surface area contributed by atoms with E-state index >= 15 is 0 Å². The van der Waals surface area contributed by atoms with Crippen LogP contribution in [0.3, 0.4) is 0 Å². The van der Waals surface area contributed by atoms with Gasteiger partial charge in [0, 0.05) is 36.5 Å².